The smallest absolute Gasteiger partial charge is 0.258 e. The number of rotatable bonds is 4. The lowest BCUT2D eigenvalue weighted by molar-refractivity contribution is 0.482. The van der Waals surface area contributed by atoms with Crippen LogP contribution in [0, 0.1) is 5.92 Å². The highest BCUT2D eigenvalue weighted by Gasteiger charge is 2.10. The zero-order valence-electron chi connectivity index (χ0n) is 11.0. The van der Waals surface area contributed by atoms with Crippen LogP contribution in [0.15, 0.2) is 29.1 Å². The zero-order chi connectivity index (χ0) is 13.1. The van der Waals surface area contributed by atoms with Crippen molar-refractivity contribution in [1.82, 2.24) is 15.3 Å². The minimum Gasteiger partial charge on any atom is -0.309 e. The number of benzene rings is 1. The van der Waals surface area contributed by atoms with Gasteiger partial charge in [-0.1, -0.05) is 26.0 Å². The van der Waals surface area contributed by atoms with Gasteiger partial charge >= 0.3 is 0 Å². The van der Waals surface area contributed by atoms with Gasteiger partial charge in [0.1, 0.15) is 5.82 Å². The van der Waals surface area contributed by atoms with E-state index in [2.05, 4.69) is 29.1 Å². The molecule has 2 rings (SSSR count). The number of aromatic amines is 1. The van der Waals surface area contributed by atoms with Crippen LogP contribution in [0.2, 0.25) is 0 Å². The van der Waals surface area contributed by atoms with Crippen LogP contribution >= 0.6 is 0 Å². The molecule has 0 saturated heterocycles. The molecule has 2 aromatic rings. The molecule has 1 atom stereocenters. The molecule has 1 aromatic heterocycles. The highest BCUT2D eigenvalue weighted by Crippen LogP contribution is 2.10. The summed E-state index contributed by atoms with van der Waals surface area (Å²) in [7, 11) is 0. The molecule has 1 aromatic carbocycles. The first-order valence-corrected chi connectivity index (χ1v) is 6.30. The van der Waals surface area contributed by atoms with Crippen molar-refractivity contribution in [1.29, 1.82) is 0 Å². The predicted octanol–water partition coefficient (Wildman–Crippen LogP) is 2.23. The molecule has 0 fully saturated rings. The monoisotopic (exact) mass is 245 g/mol. The Kier molecular flexibility index (Phi) is 3.77. The molecule has 0 radical (unpaired) electrons. The highest BCUT2D eigenvalue weighted by atomic mass is 16.1. The van der Waals surface area contributed by atoms with Crippen molar-refractivity contribution in [3.05, 3.63) is 40.4 Å². The second-order valence-corrected chi connectivity index (χ2v) is 4.99. The van der Waals surface area contributed by atoms with E-state index in [9.17, 15) is 4.79 Å². The Balaban J connectivity index is 2.31. The fourth-order valence-electron chi connectivity index (χ4n) is 1.82. The van der Waals surface area contributed by atoms with Crippen LogP contribution in [0.1, 0.15) is 32.6 Å². The topological polar surface area (TPSA) is 57.8 Å². The van der Waals surface area contributed by atoms with Crippen LogP contribution in [-0.4, -0.2) is 16.5 Å². The van der Waals surface area contributed by atoms with Gasteiger partial charge in [-0.3, -0.25) is 4.79 Å². The van der Waals surface area contributed by atoms with Crippen molar-refractivity contribution < 1.29 is 0 Å². The first-order chi connectivity index (χ1) is 8.58. The van der Waals surface area contributed by atoms with Gasteiger partial charge in [0.2, 0.25) is 0 Å². The van der Waals surface area contributed by atoms with Gasteiger partial charge in [0.25, 0.3) is 5.56 Å². The second kappa shape index (κ2) is 5.31. The van der Waals surface area contributed by atoms with Crippen molar-refractivity contribution in [2.45, 2.75) is 26.8 Å². The van der Waals surface area contributed by atoms with Crippen LogP contribution in [0.4, 0.5) is 0 Å². The molecule has 4 heteroatoms. The Hall–Kier alpha value is -1.68. The summed E-state index contributed by atoms with van der Waals surface area (Å²) in [4.78, 5) is 19.3. The SMILES string of the molecule is CC(C)CN[C@@H](C)c1nc2ccccc2c(=O)[nH]1. The van der Waals surface area contributed by atoms with Crippen molar-refractivity contribution >= 4 is 10.9 Å². The minimum atomic E-state index is -0.0752. The normalized spacial score (nSPS) is 13.1. The Morgan fingerprint density at radius 3 is 2.72 bits per heavy atom. The Bertz CT molecular complexity index is 589. The van der Waals surface area contributed by atoms with Crippen LogP contribution < -0.4 is 10.9 Å². The molecule has 2 N–H and O–H groups in total. The average Bonchev–Trinajstić information content (AvgIpc) is 2.36. The number of para-hydroxylation sites is 1. The Morgan fingerprint density at radius 1 is 1.28 bits per heavy atom. The lowest BCUT2D eigenvalue weighted by atomic mass is 10.2. The lowest BCUT2D eigenvalue weighted by Gasteiger charge is -2.15. The third-order valence-corrected chi connectivity index (χ3v) is 2.87. The van der Waals surface area contributed by atoms with E-state index in [1.54, 1.807) is 6.07 Å². The minimum absolute atomic E-state index is 0.0460. The molecular formula is C14H19N3O. The van der Waals surface area contributed by atoms with Gasteiger partial charge in [-0.05, 0) is 31.5 Å². The molecule has 1 heterocycles. The number of aromatic nitrogens is 2. The van der Waals surface area contributed by atoms with Crippen LogP contribution in [0.3, 0.4) is 0 Å². The van der Waals surface area contributed by atoms with E-state index in [1.165, 1.54) is 0 Å². The molecule has 18 heavy (non-hydrogen) atoms. The summed E-state index contributed by atoms with van der Waals surface area (Å²) in [6.45, 7) is 7.21. The maximum Gasteiger partial charge on any atom is 0.258 e. The zero-order valence-corrected chi connectivity index (χ0v) is 11.0. The third-order valence-electron chi connectivity index (χ3n) is 2.87. The lowest BCUT2D eigenvalue weighted by Crippen LogP contribution is -2.26. The number of hydrogen-bond acceptors (Lipinski definition) is 3. The number of H-pyrrole nitrogens is 1. The first kappa shape index (κ1) is 12.8. The molecule has 0 bridgehead atoms. The largest absolute Gasteiger partial charge is 0.309 e. The fourth-order valence-corrected chi connectivity index (χ4v) is 1.82. The van der Waals surface area contributed by atoms with E-state index < -0.39 is 0 Å². The summed E-state index contributed by atoms with van der Waals surface area (Å²) in [5.74, 6) is 1.26. The summed E-state index contributed by atoms with van der Waals surface area (Å²) in [5.41, 5.74) is 0.670. The molecular weight excluding hydrogens is 226 g/mol. The van der Waals surface area contributed by atoms with Crippen molar-refractivity contribution in [2.75, 3.05) is 6.54 Å². The molecule has 0 aliphatic carbocycles. The quantitative estimate of drug-likeness (QED) is 0.868. The Labute approximate surface area is 106 Å². The molecule has 0 amide bonds. The van der Waals surface area contributed by atoms with E-state index in [0.29, 0.717) is 17.1 Å². The fraction of sp³-hybridized carbons (Fsp3) is 0.429. The second-order valence-electron chi connectivity index (χ2n) is 4.99. The van der Waals surface area contributed by atoms with Gasteiger partial charge in [-0.2, -0.15) is 0 Å². The van der Waals surface area contributed by atoms with Gasteiger partial charge in [0.15, 0.2) is 0 Å². The molecule has 96 valence electrons. The molecule has 0 aliphatic heterocycles. The molecule has 0 saturated carbocycles. The van der Waals surface area contributed by atoms with Gasteiger partial charge in [-0.25, -0.2) is 4.98 Å². The van der Waals surface area contributed by atoms with Gasteiger partial charge in [-0.15, -0.1) is 0 Å². The molecule has 4 nitrogen and oxygen atoms in total. The molecule has 0 aliphatic rings. The molecule has 0 unspecified atom stereocenters. The van der Waals surface area contributed by atoms with E-state index in [0.717, 1.165) is 12.1 Å². The molecule has 0 spiro atoms. The van der Waals surface area contributed by atoms with Crippen LogP contribution in [-0.2, 0) is 0 Å². The predicted molar refractivity (Wildman–Crippen MR) is 73.6 cm³/mol. The number of hydrogen-bond donors (Lipinski definition) is 2. The summed E-state index contributed by atoms with van der Waals surface area (Å²) in [5, 5.41) is 3.99. The van der Waals surface area contributed by atoms with Crippen molar-refractivity contribution in [3.63, 3.8) is 0 Å². The van der Waals surface area contributed by atoms with E-state index in [4.69, 9.17) is 0 Å². The van der Waals surface area contributed by atoms with Crippen LogP contribution in [0.5, 0.6) is 0 Å². The maximum absolute atomic E-state index is 11.9. The number of nitrogens with zero attached hydrogens (tertiary/aromatic N) is 1. The van der Waals surface area contributed by atoms with Gasteiger partial charge in [0, 0.05) is 0 Å². The summed E-state index contributed by atoms with van der Waals surface area (Å²) in [6, 6.07) is 7.44. The maximum atomic E-state index is 11.9. The van der Waals surface area contributed by atoms with E-state index in [1.807, 2.05) is 25.1 Å². The van der Waals surface area contributed by atoms with Gasteiger partial charge in [0.05, 0.1) is 16.9 Å². The Morgan fingerprint density at radius 2 is 2.00 bits per heavy atom. The summed E-state index contributed by atoms with van der Waals surface area (Å²) < 4.78 is 0. The first-order valence-electron chi connectivity index (χ1n) is 6.30. The number of nitrogens with one attached hydrogen (secondary N) is 2. The van der Waals surface area contributed by atoms with E-state index >= 15 is 0 Å². The highest BCUT2D eigenvalue weighted by molar-refractivity contribution is 5.77. The van der Waals surface area contributed by atoms with Crippen LogP contribution in [0.25, 0.3) is 10.9 Å². The third kappa shape index (κ3) is 2.76. The van der Waals surface area contributed by atoms with Crippen molar-refractivity contribution in [3.8, 4) is 0 Å². The standard InChI is InChI=1S/C14H19N3O/c1-9(2)8-15-10(3)13-16-12-7-5-4-6-11(12)14(18)17-13/h4-7,9-10,15H,8H2,1-3H3,(H,16,17,18)/t10-/m0/s1. The average molecular weight is 245 g/mol. The summed E-state index contributed by atoms with van der Waals surface area (Å²) >= 11 is 0. The van der Waals surface area contributed by atoms with Crippen molar-refractivity contribution in [2.24, 2.45) is 5.92 Å². The number of fused-ring (bicyclic) bond motifs is 1. The van der Waals surface area contributed by atoms with Gasteiger partial charge < -0.3 is 10.3 Å². The summed E-state index contributed by atoms with van der Waals surface area (Å²) in [6.07, 6.45) is 0. The van der Waals surface area contributed by atoms with E-state index in [-0.39, 0.29) is 11.6 Å².